The highest BCUT2D eigenvalue weighted by molar-refractivity contribution is 5.80. The summed E-state index contributed by atoms with van der Waals surface area (Å²) in [5.41, 5.74) is -0.162. The fourth-order valence-corrected chi connectivity index (χ4v) is 1.21. The molecule has 1 saturated carbocycles. The lowest BCUT2D eigenvalue weighted by Gasteiger charge is -2.12. The Hall–Kier alpha value is -0.530. The number of carbonyl (C=O) groups is 1. The van der Waals surface area contributed by atoms with Crippen molar-refractivity contribution in [3.05, 3.63) is 0 Å². The number of carbonyl (C=O) groups excluding carboxylic acids is 1. The summed E-state index contributed by atoms with van der Waals surface area (Å²) in [6, 6.07) is 0. The van der Waals surface area contributed by atoms with Gasteiger partial charge in [-0.3, -0.25) is 4.79 Å². The molecule has 2 heteroatoms. The lowest BCUT2D eigenvalue weighted by molar-refractivity contribution is -0.153. The molecule has 0 aromatic carbocycles. The van der Waals surface area contributed by atoms with E-state index in [9.17, 15) is 4.79 Å². The fourth-order valence-electron chi connectivity index (χ4n) is 1.21. The van der Waals surface area contributed by atoms with Crippen LogP contribution in [0.25, 0.3) is 0 Å². The highest BCUT2D eigenvalue weighted by Gasteiger charge is 2.54. The first-order chi connectivity index (χ1) is 4.97. The summed E-state index contributed by atoms with van der Waals surface area (Å²) in [5.74, 6) is 0.480. The average Bonchev–Trinajstić information content (AvgIpc) is 2.40. The zero-order chi connectivity index (χ0) is 8.65. The first-order valence-electron chi connectivity index (χ1n) is 4.18. The zero-order valence-corrected chi connectivity index (χ0v) is 7.68. The van der Waals surface area contributed by atoms with E-state index in [1.807, 2.05) is 20.8 Å². The maximum Gasteiger partial charge on any atom is 0.312 e. The molecule has 1 rings (SSSR count). The van der Waals surface area contributed by atoms with Crippen molar-refractivity contribution in [1.29, 1.82) is 0 Å². The van der Waals surface area contributed by atoms with Crippen LogP contribution in [0.3, 0.4) is 0 Å². The molecular formula is C9H16O2. The maximum atomic E-state index is 11.3. The SMILES string of the molecule is CC(C)OC(=O)[C@@]1(C)CC1C. The molecule has 0 saturated heterocycles. The van der Waals surface area contributed by atoms with Crippen molar-refractivity contribution in [3.8, 4) is 0 Å². The number of hydrogen-bond donors (Lipinski definition) is 0. The molecule has 1 unspecified atom stereocenters. The largest absolute Gasteiger partial charge is 0.463 e. The normalized spacial score (nSPS) is 35.5. The average molecular weight is 156 g/mol. The van der Waals surface area contributed by atoms with Gasteiger partial charge in [0.15, 0.2) is 0 Å². The Bertz CT molecular complexity index is 174. The number of rotatable bonds is 2. The van der Waals surface area contributed by atoms with E-state index in [0.717, 1.165) is 6.42 Å². The molecule has 2 atom stereocenters. The summed E-state index contributed by atoms with van der Waals surface area (Å²) >= 11 is 0. The van der Waals surface area contributed by atoms with Gasteiger partial charge in [0.1, 0.15) is 0 Å². The summed E-state index contributed by atoms with van der Waals surface area (Å²) in [6.45, 7) is 7.83. The van der Waals surface area contributed by atoms with Crippen molar-refractivity contribution in [2.24, 2.45) is 11.3 Å². The van der Waals surface area contributed by atoms with Crippen LogP contribution in [0, 0.1) is 11.3 Å². The second-order valence-electron chi connectivity index (χ2n) is 3.98. The topological polar surface area (TPSA) is 26.3 Å². The smallest absolute Gasteiger partial charge is 0.312 e. The summed E-state index contributed by atoms with van der Waals surface area (Å²) < 4.78 is 5.11. The van der Waals surface area contributed by atoms with Crippen molar-refractivity contribution in [2.75, 3.05) is 0 Å². The van der Waals surface area contributed by atoms with Gasteiger partial charge in [-0.1, -0.05) is 6.92 Å². The molecule has 0 aliphatic heterocycles. The van der Waals surface area contributed by atoms with Gasteiger partial charge in [0, 0.05) is 0 Å². The lowest BCUT2D eigenvalue weighted by atomic mass is 10.1. The van der Waals surface area contributed by atoms with Gasteiger partial charge in [-0.15, -0.1) is 0 Å². The molecule has 0 aromatic heterocycles. The van der Waals surface area contributed by atoms with Crippen LogP contribution in [0.5, 0.6) is 0 Å². The van der Waals surface area contributed by atoms with Crippen LogP contribution in [0.15, 0.2) is 0 Å². The molecule has 11 heavy (non-hydrogen) atoms. The molecule has 1 aliphatic rings. The van der Waals surface area contributed by atoms with Gasteiger partial charge in [0.05, 0.1) is 11.5 Å². The van der Waals surface area contributed by atoms with E-state index in [4.69, 9.17) is 4.74 Å². The van der Waals surface area contributed by atoms with Crippen molar-refractivity contribution in [1.82, 2.24) is 0 Å². The Kier molecular flexibility index (Phi) is 1.95. The van der Waals surface area contributed by atoms with Crippen molar-refractivity contribution in [2.45, 2.75) is 40.2 Å². The van der Waals surface area contributed by atoms with Crippen LogP contribution >= 0.6 is 0 Å². The number of esters is 1. The molecule has 0 spiro atoms. The minimum atomic E-state index is -0.162. The lowest BCUT2D eigenvalue weighted by Crippen LogP contribution is -2.21. The third-order valence-electron chi connectivity index (χ3n) is 2.47. The van der Waals surface area contributed by atoms with Crippen LogP contribution in [0.4, 0.5) is 0 Å². The van der Waals surface area contributed by atoms with E-state index in [1.165, 1.54) is 0 Å². The molecule has 64 valence electrons. The van der Waals surface area contributed by atoms with E-state index in [-0.39, 0.29) is 17.5 Å². The van der Waals surface area contributed by atoms with E-state index < -0.39 is 0 Å². The van der Waals surface area contributed by atoms with Crippen molar-refractivity contribution < 1.29 is 9.53 Å². The van der Waals surface area contributed by atoms with E-state index >= 15 is 0 Å². The van der Waals surface area contributed by atoms with E-state index in [0.29, 0.717) is 5.92 Å². The van der Waals surface area contributed by atoms with Gasteiger partial charge in [-0.2, -0.15) is 0 Å². The Labute approximate surface area is 67.9 Å². The standard InChI is InChI=1S/C9H16O2/c1-6(2)11-8(10)9(4)5-7(9)3/h6-7H,5H2,1-4H3/t7?,9-/m0/s1. The zero-order valence-electron chi connectivity index (χ0n) is 7.68. The molecule has 0 amide bonds. The van der Waals surface area contributed by atoms with E-state index in [1.54, 1.807) is 0 Å². The van der Waals surface area contributed by atoms with Crippen LogP contribution in [-0.4, -0.2) is 12.1 Å². The second kappa shape index (κ2) is 2.50. The van der Waals surface area contributed by atoms with Crippen molar-refractivity contribution in [3.63, 3.8) is 0 Å². The van der Waals surface area contributed by atoms with Gasteiger partial charge in [-0.25, -0.2) is 0 Å². The van der Waals surface area contributed by atoms with Gasteiger partial charge >= 0.3 is 5.97 Å². The second-order valence-corrected chi connectivity index (χ2v) is 3.98. The minimum Gasteiger partial charge on any atom is -0.463 e. The van der Waals surface area contributed by atoms with Crippen LogP contribution < -0.4 is 0 Å². The van der Waals surface area contributed by atoms with Gasteiger partial charge in [0.25, 0.3) is 0 Å². The maximum absolute atomic E-state index is 11.3. The van der Waals surface area contributed by atoms with E-state index in [2.05, 4.69) is 6.92 Å². The first kappa shape index (κ1) is 8.57. The molecule has 0 heterocycles. The monoisotopic (exact) mass is 156 g/mol. The third-order valence-corrected chi connectivity index (χ3v) is 2.47. The molecule has 0 bridgehead atoms. The number of hydrogen-bond acceptors (Lipinski definition) is 2. The van der Waals surface area contributed by atoms with Gasteiger partial charge in [0.2, 0.25) is 0 Å². The molecule has 0 aromatic rings. The highest BCUT2D eigenvalue weighted by atomic mass is 16.5. The predicted octanol–water partition coefficient (Wildman–Crippen LogP) is 1.98. The molecule has 0 N–H and O–H groups in total. The molecule has 2 nitrogen and oxygen atoms in total. The summed E-state index contributed by atoms with van der Waals surface area (Å²) in [4.78, 5) is 11.3. The quantitative estimate of drug-likeness (QED) is 0.571. The molecule has 1 aliphatic carbocycles. The minimum absolute atomic E-state index is 0.0205. The summed E-state index contributed by atoms with van der Waals surface area (Å²) in [7, 11) is 0. The molecule has 0 radical (unpaired) electrons. The Morgan fingerprint density at radius 1 is 1.64 bits per heavy atom. The fraction of sp³-hybridized carbons (Fsp3) is 0.889. The van der Waals surface area contributed by atoms with Crippen LogP contribution in [-0.2, 0) is 9.53 Å². The first-order valence-corrected chi connectivity index (χ1v) is 4.18. The number of ether oxygens (including phenoxy) is 1. The highest BCUT2D eigenvalue weighted by Crippen LogP contribution is 2.52. The Balaban J connectivity index is 2.43. The molecular weight excluding hydrogens is 140 g/mol. The van der Waals surface area contributed by atoms with Crippen LogP contribution in [0.2, 0.25) is 0 Å². The third kappa shape index (κ3) is 1.55. The molecule has 1 fully saturated rings. The Morgan fingerprint density at radius 3 is 2.36 bits per heavy atom. The summed E-state index contributed by atoms with van der Waals surface area (Å²) in [6.07, 6.45) is 1.01. The van der Waals surface area contributed by atoms with Gasteiger partial charge in [-0.05, 0) is 33.1 Å². The van der Waals surface area contributed by atoms with Crippen molar-refractivity contribution >= 4 is 5.97 Å². The van der Waals surface area contributed by atoms with Gasteiger partial charge < -0.3 is 4.74 Å². The summed E-state index contributed by atoms with van der Waals surface area (Å²) in [5, 5.41) is 0. The Morgan fingerprint density at radius 2 is 2.09 bits per heavy atom. The van der Waals surface area contributed by atoms with Crippen LogP contribution in [0.1, 0.15) is 34.1 Å². The predicted molar refractivity (Wildman–Crippen MR) is 43.1 cm³/mol.